The van der Waals surface area contributed by atoms with E-state index in [4.69, 9.17) is 4.74 Å². The van der Waals surface area contributed by atoms with Gasteiger partial charge in [-0.25, -0.2) is 8.42 Å². The molecule has 1 aliphatic rings. The van der Waals surface area contributed by atoms with E-state index in [1.807, 2.05) is 0 Å². The van der Waals surface area contributed by atoms with Crippen LogP contribution in [-0.4, -0.2) is 46.0 Å². The number of sulfonamides is 1. The number of nitrogens with zero attached hydrogens (tertiary/aromatic N) is 2. The molecule has 0 amide bonds. The van der Waals surface area contributed by atoms with Gasteiger partial charge in [-0.3, -0.25) is 0 Å². The molecule has 0 unspecified atom stereocenters. The van der Waals surface area contributed by atoms with E-state index in [9.17, 15) is 8.42 Å². The van der Waals surface area contributed by atoms with Gasteiger partial charge in [0.25, 0.3) is 0 Å². The first-order chi connectivity index (χ1) is 12.7. The van der Waals surface area contributed by atoms with Crippen molar-refractivity contribution in [3.05, 3.63) is 54.1 Å². The Morgan fingerprint density at radius 2 is 1.41 bits per heavy atom. The fourth-order valence-electron chi connectivity index (χ4n) is 3.26. The van der Waals surface area contributed by atoms with Crippen LogP contribution in [0.3, 0.4) is 0 Å². The molecule has 0 aliphatic carbocycles. The van der Waals surface area contributed by atoms with Crippen molar-refractivity contribution < 1.29 is 13.2 Å². The number of hydrogen-bond donors (Lipinski definition) is 0. The fourth-order valence-corrected chi connectivity index (χ4v) is 4.68. The minimum absolute atomic E-state index is 0.129. The SMILES string of the molecule is COc1ccc(S(=O)(=O)N2CCN(c3ccc(C(C)(C)C)cc3)CC2)cc1. The van der Waals surface area contributed by atoms with E-state index < -0.39 is 10.0 Å². The highest BCUT2D eigenvalue weighted by atomic mass is 32.2. The summed E-state index contributed by atoms with van der Waals surface area (Å²) in [5, 5.41) is 0. The van der Waals surface area contributed by atoms with E-state index in [1.165, 1.54) is 5.56 Å². The molecule has 3 rings (SSSR count). The first-order valence-corrected chi connectivity index (χ1v) is 10.7. The first kappa shape index (κ1) is 19.7. The summed E-state index contributed by atoms with van der Waals surface area (Å²) in [6, 6.07) is 15.2. The average Bonchev–Trinajstić information content (AvgIpc) is 2.67. The molecule has 2 aromatic rings. The predicted octanol–water partition coefficient (Wildman–Crippen LogP) is 3.50. The van der Waals surface area contributed by atoms with Crippen LogP contribution < -0.4 is 9.64 Å². The Morgan fingerprint density at radius 1 is 0.852 bits per heavy atom. The molecule has 1 aliphatic heterocycles. The van der Waals surface area contributed by atoms with Gasteiger partial charge in [-0.2, -0.15) is 4.31 Å². The van der Waals surface area contributed by atoms with Crippen molar-refractivity contribution in [2.45, 2.75) is 31.1 Å². The Bertz CT molecular complexity index is 861. The number of methoxy groups -OCH3 is 1. The number of piperazine rings is 1. The molecule has 1 saturated heterocycles. The molecular weight excluding hydrogens is 360 g/mol. The van der Waals surface area contributed by atoms with Gasteiger partial charge in [-0.15, -0.1) is 0 Å². The van der Waals surface area contributed by atoms with Crippen molar-refractivity contribution in [1.29, 1.82) is 0 Å². The molecule has 5 nitrogen and oxygen atoms in total. The molecular formula is C21H28N2O3S. The van der Waals surface area contributed by atoms with E-state index in [0.29, 0.717) is 36.8 Å². The van der Waals surface area contributed by atoms with Gasteiger partial charge in [0.05, 0.1) is 12.0 Å². The lowest BCUT2D eigenvalue weighted by Gasteiger charge is -2.35. The van der Waals surface area contributed by atoms with E-state index in [1.54, 1.807) is 35.7 Å². The van der Waals surface area contributed by atoms with Gasteiger partial charge < -0.3 is 9.64 Å². The van der Waals surface area contributed by atoms with Gasteiger partial charge in [-0.05, 0) is 47.4 Å². The van der Waals surface area contributed by atoms with E-state index in [-0.39, 0.29) is 5.41 Å². The molecule has 0 aromatic heterocycles. The molecule has 0 spiro atoms. The second-order valence-electron chi connectivity index (χ2n) is 7.86. The third-order valence-electron chi connectivity index (χ3n) is 5.03. The predicted molar refractivity (Wildman–Crippen MR) is 109 cm³/mol. The van der Waals surface area contributed by atoms with E-state index in [2.05, 4.69) is 49.9 Å². The third kappa shape index (κ3) is 4.28. The maximum Gasteiger partial charge on any atom is 0.243 e. The average molecular weight is 389 g/mol. The summed E-state index contributed by atoms with van der Waals surface area (Å²) in [7, 11) is -1.90. The summed E-state index contributed by atoms with van der Waals surface area (Å²) in [4.78, 5) is 2.55. The smallest absolute Gasteiger partial charge is 0.243 e. The summed E-state index contributed by atoms with van der Waals surface area (Å²) < 4.78 is 32.4. The van der Waals surface area contributed by atoms with Crippen molar-refractivity contribution in [3.8, 4) is 5.75 Å². The second kappa shape index (κ2) is 7.52. The van der Waals surface area contributed by atoms with Crippen LogP contribution in [-0.2, 0) is 15.4 Å². The van der Waals surface area contributed by atoms with Crippen LogP contribution >= 0.6 is 0 Å². The summed E-state index contributed by atoms with van der Waals surface area (Å²) >= 11 is 0. The first-order valence-electron chi connectivity index (χ1n) is 9.21. The largest absolute Gasteiger partial charge is 0.497 e. The Morgan fingerprint density at radius 3 is 1.89 bits per heavy atom. The van der Waals surface area contributed by atoms with Crippen LogP contribution in [0.15, 0.2) is 53.4 Å². The molecule has 0 radical (unpaired) electrons. The topological polar surface area (TPSA) is 49.9 Å². The lowest BCUT2D eigenvalue weighted by Crippen LogP contribution is -2.48. The van der Waals surface area contributed by atoms with Gasteiger partial charge in [0, 0.05) is 31.9 Å². The molecule has 1 fully saturated rings. The van der Waals surface area contributed by atoms with Crippen LogP contribution in [0.4, 0.5) is 5.69 Å². The minimum Gasteiger partial charge on any atom is -0.497 e. The molecule has 1 heterocycles. The van der Waals surface area contributed by atoms with Crippen LogP contribution in [0.2, 0.25) is 0 Å². The Kier molecular flexibility index (Phi) is 5.49. The fraction of sp³-hybridized carbons (Fsp3) is 0.429. The normalized spacial score (nSPS) is 16.4. The molecule has 146 valence electrons. The van der Waals surface area contributed by atoms with Crippen molar-refractivity contribution in [1.82, 2.24) is 4.31 Å². The molecule has 0 atom stereocenters. The van der Waals surface area contributed by atoms with Gasteiger partial charge >= 0.3 is 0 Å². The lowest BCUT2D eigenvalue weighted by atomic mass is 9.87. The highest BCUT2D eigenvalue weighted by Crippen LogP contribution is 2.26. The van der Waals surface area contributed by atoms with Crippen molar-refractivity contribution in [2.24, 2.45) is 0 Å². The zero-order chi connectivity index (χ0) is 19.7. The monoisotopic (exact) mass is 388 g/mol. The van der Waals surface area contributed by atoms with Crippen molar-refractivity contribution >= 4 is 15.7 Å². The van der Waals surface area contributed by atoms with Crippen LogP contribution in [0, 0.1) is 0 Å². The Hall–Kier alpha value is -2.05. The Labute approximate surface area is 162 Å². The maximum absolute atomic E-state index is 12.9. The quantitative estimate of drug-likeness (QED) is 0.804. The molecule has 2 aromatic carbocycles. The van der Waals surface area contributed by atoms with Crippen LogP contribution in [0.1, 0.15) is 26.3 Å². The number of benzene rings is 2. The van der Waals surface area contributed by atoms with Gasteiger partial charge in [0.15, 0.2) is 0 Å². The lowest BCUT2D eigenvalue weighted by molar-refractivity contribution is 0.384. The Balaban J connectivity index is 1.67. The molecule has 0 saturated carbocycles. The summed E-state index contributed by atoms with van der Waals surface area (Å²) in [6.45, 7) is 8.93. The molecule has 6 heteroatoms. The minimum atomic E-state index is -3.47. The summed E-state index contributed by atoms with van der Waals surface area (Å²) in [6.07, 6.45) is 0. The standard InChI is InChI=1S/C21H28N2O3S/c1-21(2,3)17-5-7-18(8-6-17)22-13-15-23(16-14-22)27(24,25)20-11-9-19(26-4)10-12-20/h5-12H,13-16H2,1-4H3. The van der Waals surface area contributed by atoms with E-state index >= 15 is 0 Å². The highest BCUT2D eigenvalue weighted by Gasteiger charge is 2.28. The third-order valence-corrected chi connectivity index (χ3v) is 6.95. The summed E-state index contributed by atoms with van der Waals surface area (Å²) in [5.74, 6) is 0.650. The summed E-state index contributed by atoms with van der Waals surface area (Å²) in [5.41, 5.74) is 2.57. The second-order valence-corrected chi connectivity index (χ2v) is 9.80. The van der Waals surface area contributed by atoms with Crippen LogP contribution in [0.5, 0.6) is 5.75 Å². The van der Waals surface area contributed by atoms with Gasteiger partial charge in [-0.1, -0.05) is 32.9 Å². The number of anilines is 1. The van der Waals surface area contributed by atoms with Crippen LogP contribution in [0.25, 0.3) is 0 Å². The van der Waals surface area contributed by atoms with Gasteiger partial charge in [0.2, 0.25) is 10.0 Å². The van der Waals surface area contributed by atoms with Crippen molar-refractivity contribution in [3.63, 3.8) is 0 Å². The molecule has 27 heavy (non-hydrogen) atoms. The number of ether oxygens (including phenoxy) is 1. The van der Waals surface area contributed by atoms with Gasteiger partial charge in [0.1, 0.15) is 5.75 Å². The number of hydrogen-bond acceptors (Lipinski definition) is 4. The van der Waals surface area contributed by atoms with Crippen molar-refractivity contribution in [2.75, 3.05) is 38.2 Å². The zero-order valence-electron chi connectivity index (χ0n) is 16.5. The molecule has 0 bridgehead atoms. The zero-order valence-corrected chi connectivity index (χ0v) is 17.3. The molecule has 0 N–H and O–H groups in total. The van der Waals surface area contributed by atoms with E-state index in [0.717, 1.165) is 5.69 Å². The number of rotatable bonds is 4. The highest BCUT2D eigenvalue weighted by molar-refractivity contribution is 7.89. The maximum atomic E-state index is 12.9.